The van der Waals surface area contributed by atoms with Gasteiger partial charge in [0.15, 0.2) is 0 Å². The number of hydrogen-bond acceptors (Lipinski definition) is 5. The summed E-state index contributed by atoms with van der Waals surface area (Å²) in [5.41, 5.74) is 0.965. The van der Waals surface area contributed by atoms with Crippen LogP contribution in [0.15, 0.2) is 43.0 Å². The van der Waals surface area contributed by atoms with Gasteiger partial charge in [-0.2, -0.15) is 0 Å². The van der Waals surface area contributed by atoms with Crippen molar-refractivity contribution in [3.63, 3.8) is 0 Å². The van der Waals surface area contributed by atoms with Gasteiger partial charge < -0.3 is 19.7 Å². The van der Waals surface area contributed by atoms with Gasteiger partial charge in [0.1, 0.15) is 6.61 Å². The highest BCUT2D eigenvalue weighted by molar-refractivity contribution is 5.70. The maximum Gasteiger partial charge on any atom is 0.410 e. The van der Waals surface area contributed by atoms with Crippen molar-refractivity contribution in [1.82, 2.24) is 10.2 Å². The van der Waals surface area contributed by atoms with Crippen LogP contribution in [-0.2, 0) is 20.9 Å². The number of ether oxygens (including phenoxy) is 2. The predicted molar refractivity (Wildman–Crippen MR) is 104 cm³/mol. The van der Waals surface area contributed by atoms with Gasteiger partial charge in [0.2, 0.25) is 0 Å². The van der Waals surface area contributed by atoms with Gasteiger partial charge >= 0.3 is 12.1 Å². The van der Waals surface area contributed by atoms with E-state index in [1.54, 1.807) is 17.9 Å². The number of nitrogens with one attached hydrogen (secondary N) is 1. The van der Waals surface area contributed by atoms with E-state index >= 15 is 0 Å². The van der Waals surface area contributed by atoms with Crippen molar-refractivity contribution in [2.24, 2.45) is 5.92 Å². The Bertz CT molecular complexity index is 605. The summed E-state index contributed by atoms with van der Waals surface area (Å²) in [4.78, 5) is 26.1. The molecule has 2 atom stereocenters. The third kappa shape index (κ3) is 7.06. The van der Waals surface area contributed by atoms with Crippen LogP contribution in [0.4, 0.5) is 4.79 Å². The standard InChI is InChI=1S/C21H30N2O4/c1-3-12-22-19(14-20(24)26-4-2)18-11-8-13-23(15-18)21(25)27-16-17-9-6-5-7-10-17/h3,5-7,9-10,18-19,22H,1,4,8,11-16H2,2H3/t18?,19-/m1/s1. The first-order valence-corrected chi connectivity index (χ1v) is 9.59. The zero-order valence-electron chi connectivity index (χ0n) is 16.1. The third-order valence-corrected chi connectivity index (χ3v) is 4.71. The number of amides is 1. The lowest BCUT2D eigenvalue weighted by Crippen LogP contribution is -2.48. The highest BCUT2D eigenvalue weighted by atomic mass is 16.6. The van der Waals surface area contributed by atoms with Gasteiger partial charge in [-0.1, -0.05) is 36.4 Å². The minimum absolute atomic E-state index is 0.0493. The summed E-state index contributed by atoms with van der Waals surface area (Å²) in [6.45, 7) is 8.02. The summed E-state index contributed by atoms with van der Waals surface area (Å²) in [6.07, 6.45) is 3.60. The van der Waals surface area contributed by atoms with E-state index in [1.165, 1.54) is 0 Å². The Morgan fingerprint density at radius 3 is 2.81 bits per heavy atom. The molecular weight excluding hydrogens is 344 g/mol. The van der Waals surface area contributed by atoms with Crippen molar-refractivity contribution >= 4 is 12.1 Å². The van der Waals surface area contributed by atoms with Gasteiger partial charge in [0.05, 0.1) is 13.0 Å². The second kappa shape index (κ2) is 11.4. The maximum absolute atomic E-state index is 12.5. The van der Waals surface area contributed by atoms with Crippen LogP contribution in [0.3, 0.4) is 0 Å². The van der Waals surface area contributed by atoms with Crippen molar-refractivity contribution < 1.29 is 19.1 Å². The number of hydrogen-bond donors (Lipinski definition) is 1. The Morgan fingerprint density at radius 1 is 1.33 bits per heavy atom. The zero-order valence-corrected chi connectivity index (χ0v) is 16.1. The average Bonchev–Trinajstić information content (AvgIpc) is 2.70. The lowest BCUT2D eigenvalue weighted by atomic mass is 9.89. The summed E-state index contributed by atoms with van der Waals surface area (Å²) in [7, 11) is 0. The average molecular weight is 374 g/mol. The van der Waals surface area contributed by atoms with Crippen LogP contribution < -0.4 is 5.32 Å². The number of carbonyl (C=O) groups excluding carboxylic acids is 2. The van der Waals surface area contributed by atoms with Crippen molar-refractivity contribution in [3.8, 4) is 0 Å². The highest BCUT2D eigenvalue weighted by Gasteiger charge is 2.31. The van der Waals surface area contributed by atoms with Crippen molar-refractivity contribution in [2.45, 2.75) is 38.8 Å². The van der Waals surface area contributed by atoms with E-state index in [0.29, 0.717) is 32.7 Å². The van der Waals surface area contributed by atoms with Crippen molar-refractivity contribution in [1.29, 1.82) is 0 Å². The lowest BCUT2D eigenvalue weighted by Gasteiger charge is -2.36. The molecule has 0 aromatic heterocycles. The number of esters is 1. The van der Waals surface area contributed by atoms with Crippen LogP contribution in [-0.4, -0.2) is 49.2 Å². The van der Waals surface area contributed by atoms with E-state index in [2.05, 4.69) is 11.9 Å². The van der Waals surface area contributed by atoms with Gasteiger partial charge in [-0.3, -0.25) is 4.79 Å². The third-order valence-electron chi connectivity index (χ3n) is 4.71. The van der Waals surface area contributed by atoms with E-state index in [1.807, 2.05) is 30.3 Å². The van der Waals surface area contributed by atoms with Gasteiger partial charge in [-0.05, 0) is 31.2 Å². The van der Waals surface area contributed by atoms with Gasteiger partial charge in [-0.25, -0.2) is 4.79 Å². The topological polar surface area (TPSA) is 67.9 Å². The molecule has 1 aromatic carbocycles. The smallest absolute Gasteiger partial charge is 0.410 e. The molecule has 1 amide bonds. The molecule has 148 valence electrons. The summed E-state index contributed by atoms with van der Waals surface area (Å²) in [5, 5.41) is 3.35. The van der Waals surface area contributed by atoms with Crippen LogP contribution >= 0.6 is 0 Å². The predicted octanol–water partition coefficient (Wildman–Crippen LogP) is 3.13. The minimum atomic E-state index is -0.304. The Kier molecular flexibility index (Phi) is 8.84. The molecule has 1 fully saturated rings. The summed E-state index contributed by atoms with van der Waals surface area (Å²) in [5.74, 6) is -0.0461. The molecule has 0 aliphatic carbocycles. The molecule has 6 nitrogen and oxygen atoms in total. The summed E-state index contributed by atoms with van der Waals surface area (Å²) < 4.78 is 10.6. The summed E-state index contributed by atoms with van der Waals surface area (Å²) in [6, 6.07) is 9.59. The van der Waals surface area contributed by atoms with Gasteiger partial charge in [0.25, 0.3) is 0 Å². The van der Waals surface area contributed by atoms with Crippen molar-refractivity contribution in [2.75, 3.05) is 26.2 Å². The van der Waals surface area contributed by atoms with Crippen LogP contribution in [0, 0.1) is 5.92 Å². The van der Waals surface area contributed by atoms with E-state index in [0.717, 1.165) is 18.4 Å². The second-order valence-electron chi connectivity index (χ2n) is 6.70. The molecule has 6 heteroatoms. The monoisotopic (exact) mass is 374 g/mol. The van der Waals surface area contributed by atoms with E-state index in [4.69, 9.17) is 9.47 Å². The van der Waals surface area contributed by atoms with Crippen molar-refractivity contribution in [3.05, 3.63) is 48.6 Å². The largest absolute Gasteiger partial charge is 0.466 e. The first kappa shape index (κ1) is 21.0. The molecule has 1 heterocycles. The quantitative estimate of drug-likeness (QED) is 0.531. The minimum Gasteiger partial charge on any atom is -0.466 e. The number of rotatable bonds is 9. The molecule has 0 bridgehead atoms. The molecule has 0 spiro atoms. The van der Waals surface area contributed by atoms with E-state index in [-0.39, 0.29) is 30.6 Å². The van der Waals surface area contributed by atoms with Crippen LogP contribution in [0.5, 0.6) is 0 Å². The first-order chi connectivity index (χ1) is 13.1. The number of nitrogens with zero attached hydrogens (tertiary/aromatic N) is 1. The molecule has 1 aromatic rings. The molecular formula is C21H30N2O4. The van der Waals surface area contributed by atoms with Crippen LogP contribution in [0.1, 0.15) is 31.7 Å². The van der Waals surface area contributed by atoms with Crippen LogP contribution in [0.2, 0.25) is 0 Å². The fraction of sp³-hybridized carbons (Fsp3) is 0.524. The highest BCUT2D eigenvalue weighted by Crippen LogP contribution is 2.23. The number of benzene rings is 1. The molecule has 0 radical (unpaired) electrons. The lowest BCUT2D eigenvalue weighted by molar-refractivity contribution is -0.144. The molecule has 1 aliphatic heterocycles. The molecule has 2 rings (SSSR count). The number of carbonyl (C=O) groups is 2. The summed E-state index contributed by atoms with van der Waals surface area (Å²) >= 11 is 0. The molecule has 0 saturated carbocycles. The Hall–Kier alpha value is -2.34. The SMILES string of the molecule is C=CCN[C@H](CC(=O)OCC)C1CCCN(C(=O)OCc2ccccc2)C1. The number of likely N-dealkylation sites (tertiary alicyclic amines) is 1. The normalized spacial score (nSPS) is 17.8. The molecule has 1 unspecified atom stereocenters. The Labute approximate surface area is 161 Å². The fourth-order valence-electron chi connectivity index (χ4n) is 3.35. The maximum atomic E-state index is 12.5. The Balaban J connectivity index is 1.91. The molecule has 1 N–H and O–H groups in total. The van der Waals surface area contributed by atoms with Gasteiger partial charge in [0, 0.05) is 25.7 Å². The van der Waals surface area contributed by atoms with E-state index in [9.17, 15) is 9.59 Å². The Morgan fingerprint density at radius 2 is 2.11 bits per heavy atom. The molecule has 27 heavy (non-hydrogen) atoms. The fourth-order valence-corrected chi connectivity index (χ4v) is 3.35. The first-order valence-electron chi connectivity index (χ1n) is 9.59. The molecule has 1 saturated heterocycles. The van der Waals surface area contributed by atoms with E-state index < -0.39 is 0 Å². The molecule has 1 aliphatic rings. The van der Waals surface area contributed by atoms with Gasteiger partial charge in [-0.15, -0.1) is 6.58 Å². The van der Waals surface area contributed by atoms with Crippen LogP contribution in [0.25, 0.3) is 0 Å². The number of piperidine rings is 1. The second-order valence-corrected chi connectivity index (χ2v) is 6.70. The zero-order chi connectivity index (χ0) is 19.5.